The number of carbonyl (C=O) groups is 2. The molecule has 4 rings (SSSR count). The number of hydrogen-bond acceptors (Lipinski definition) is 8. The number of ether oxygens (including phenoxy) is 2. The van der Waals surface area contributed by atoms with Gasteiger partial charge in [-0.05, 0) is 57.2 Å². The number of nitrogens with one attached hydrogen (secondary N) is 1. The average molecular weight is 501 g/mol. The molecular weight excluding hydrogens is 472 g/mol. The zero-order valence-corrected chi connectivity index (χ0v) is 21.2. The molecule has 180 valence electrons. The lowest BCUT2D eigenvalue weighted by Crippen LogP contribution is -2.17. The van der Waals surface area contributed by atoms with Crippen molar-refractivity contribution in [3.63, 3.8) is 0 Å². The molecule has 0 aliphatic heterocycles. The highest BCUT2D eigenvalue weighted by atomic mass is 32.2. The molecule has 0 spiro atoms. The number of fused-ring (bicyclic) bond motifs is 1. The summed E-state index contributed by atoms with van der Waals surface area (Å²) in [4.78, 5) is 26.5. The Kier molecular flexibility index (Phi) is 7.89. The molecule has 1 aromatic carbocycles. The van der Waals surface area contributed by atoms with Gasteiger partial charge in [0.1, 0.15) is 17.4 Å². The summed E-state index contributed by atoms with van der Waals surface area (Å²) in [6.07, 6.45) is 3.92. The summed E-state index contributed by atoms with van der Waals surface area (Å²) in [6.45, 7) is 4.39. The molecule has 1 aliphatic rings. The maximum absolute atomic E-state index is 12.7. The highest BCUT2D eigenvalue weighted by Crippen LogP contribution is 2.38. The summed E-state index contributed by atoms with van der Waals surface area (Å²) in [7, 11) is 1.85. The summed E-state index contributed by atoms with van der Waals surface area (Å²) in [5.74, 6) is 1.01. The molecule has 0 fully saturated rings. The van der Waals surface area contributed by atoms with Crippen LogP contribution in [0.2, 0.25) is 0 Å². The number of carbonyl (C=O) groups excluding carboxylic acids is 2. The molecule has 1 amide bonds. The van der Waals surface area contributed by atoms with Gasteiger partial charge in [0.2, 0.25) is 5.91 Å². The third-order valence-electron chi connectivity index (χ3n) is 5.55. The summed E-state index contributed by atoms with van der Waals surface area (Å²) in [5, 5.41) is 12.5. The van der Waals surface area contributed by atoms with Gasteiger partial charge in [-0.2, -0.15) is 0 Å². The quantitative estimate of drug-likeness (QED) is 0.340. The number of thiophene rings is 1. The number of rotatable bonds is 9. The average Bonchev–Trinajstić information content (AvgIpc) is 3.37. The highest BCUT2D eigenvalue weighted by molar-refractivity contribution is 7.99. The van der Waals surface area contributed by atoms with Crippen LogP contribution in [0.15, 0.2) is 29.4 Å². The summed E-state index contributed by atoms with van der Waals surface area (Å²) < 4.78 is 12.9. The van der Waals surface area contributed by atoms with Gasteiger partial charge in [-0.3, -0.25) is 4.79 Å². The van der Waals surface area contributed by atoms with Crippen LogP contribution in [0.25, 0.3) is 0 Å². The Hall–Kier alpha value is -2.85. The summed E-state index contributed by atoms with van der Waals surface area (Å²) in [6, 6.07) is 7.81. The van der Waals surface area contributed by atoms with Crippen molar-refractivity contribution in [1.82, 2.24) is 14.8 Å². The topological polar surface area (TPSA) is 95.3 Å². The van der Waals surface area contributed by atoms with Crippen LogP contribution < -0.4 is 10.1 Å². The first-order valence-electron chi connectivity index (χ1n) is 11.3. The van der Waals surface area contributed by atoms with Gasteiger partial charge < -0.3 is 19.4 Å². The van der Waals surface area contributed by atoms with Crippen LogP contribution in [0.4, 0.5) is 5.00 Å². The van der Waals surface area contributed by atoms with Crippen LogP contribution in [0.3, 0.4) is 0 Å². The number of esters is 1. The first-order chi connectivity index (χ1) is 16.5. The fourth-order valence-electron chi connectivity index (χ4n) is 3.74. The van der Waals surface area contributed by atoms with E-state index in [-0.39, 0.29) is 24.2 Å². The zero-order valence-electron chi connectivity index (χ0n) is 19.6. The fourth-order valence-corrected chi connectivity index (χ4v) is 5.77. The smallest absolute Gasteiger partial charge is 0.341 e. The molecular formula is C24H28N4O4S2. The molecule has 0 saturated carbocycles. The Labute approximate surface area is 207 Å². The zero-order chi connectivity index (χ0) is 24.1. The van der Waals surface area contributed by atoms with Gasteiger partial charge in [0, 0.05) is 11.9 Å². The molecule has 1 N–H and O–H groups in total. The minimum atomic E-state index is -0.364. The maximum Gasteiger partial charge on any atom is 0.341 e. The molecule has 0 atom stereocenters. The monoisotopic (exact) mass is 500 g/mol. The van der Waals surface area contributed by atoms with E-state index >= 15 is 0 Å². The Balaban J connectivity index is 1.37. The number of nitrogens with zero attached hydrogens (tertiary/aromatic N) is 3. The van der Waals surface area contributed by atoms with Crippen molar-refractivity contribution in [2.24, 2.45) is 7.05 Å². The van der Waals surface area contributed by atoms with Gasteiger partial charge in [0.25, 0.3) is 0 Å². The van der Waals surface area contributed by atoms with Crippen LogP contribution in [-0.2, 0) is 36.0 Å². The molecule has 0 unspecified atom stereocenters. The van der Waals surface area contributed by atoms with Gasteiger partial charge in [-0.1, -0.05) is 29.5 Å². The van der Waals surface area contributed by atoms with Crippen LogP contribution >= 0.6 is 23.1 Å². The van der Waals surface area contributed by atoms with Gasteiger partial charge in [0.15, 0.2) is 11.0 Å². The van der Waals surface area contributed by atoms with Gasteiger partial charge in [0.05, 0.1) is 17.9 Å². The number of anilines is 1. The van der Waals surface area contributed by atoms with Crippen molar-refractivity contribution in [3.8, 4) is 5.75 Å². The number of aryl methyl sites for hydroxylation is 2. The predicted molar refractivity (Wildman–Crippen MR) is 133 cm³/mol. The van der Waals surface area contributed by atoms with E-state index in [0.29, 0.717) is 28.2 Å². The number of thioether (sulfide) groups is 1. The molecule has 10 heteroatoms. The van der Waals surface area contributed by atoms with E-state index in [2.05, 4.69) is 15.5 Å². The van der Waals surface area contributed by atoms with Crippen molar-refractivity contribution < 1.29 is 19.1 Å². The number of aromatic nitrogens is 3. The SMILES string of the molecule is CCOC(=O)c1c(NC(=O)CSc2nnc(COc3ccc(C)cc3)n2C)sc2c1CCCC2. The molecule has 0 saturated heterocycles. The van der Waals surface area contributed by atoms with Crippen molar-refractivity contribution >= 4 is 40.0 Å². The Morgan fingerprint density at radius 2 is 1.94 bits per heavy atom. The van der Waals surface area contributed by atoms with Crippen LogP contribution in [0.1, 0.15) is 52.0 Å². The maximum atomic E-state index is 12.7. The standard InChI is InChI=1S/C24H28N4O4S2/c1-4-31-23(30)21-17-7-5-6-8-18(17)34-22(21)25-20(29)14-33-24-27-26-19(28(24)3)13-32-16-11-9-15(2)10-12-16/h9-12H,4-8,13-14H2,1-3H3,(H,25,29). The lowest BCUT2D eigenvalue weighted by molar-refractivity contribution is -0.113. The lowest BCUT2D eigenvalue weighted by Gasteiger charge is -2.12. The second kappa shape index (κ2) is 11.1. The van der Waals surface area contributed by atoms with Crippen molar-refractivity contribution in [2.75, 3.05) is 17.7 Å². The van der Waals surface area contributed by atoms with Gasteiger partial charge >= 0.3 is 5.97 Å². The van der Waals surface area contributed by atoms with E-state index in [1.165, 1.54) is 33.5 Å². The van der Waals surface area contributed by atoms with Crippen LogP contribution in [0.5, 0.6) is 5.75 Å². The molecule has 34 heavy (non-hydrogen) atoms. The number of amides is 1. The molecule has 1 aliphatic carbocycles. The van der Waals surface area contributed by atoms with E-state index in [1.807, 2.05) is 42.8 Å². The first kappa shape index (κ1) is 24.3. The minimum Gasteiger partial charge on any atom is -0.486 e. The van der Waals surface area contributed by atoms with Crippen molar-refractivity contribution in [3.05, 3.63) is 51.7 Å². The second-order valence-corrected chi connectivity index (χ2v) is 10.1. The third-order valence-corrected chi connectivity index (χ3v) is 7.78. The summed E-state index contributed by atoms with van der Waals surface area (Å²) >= 11 is 2.78. The molecule has 0 radical (unpaired) electrons. The van der Waals surface area contributed by atoms with Crippen LogP contribution in [0, 0.1) is 6.92 Å². The Morgan fingerprint density at radius 3 is 2.71 bits per heavy atom. The molecule has 2 heterocycles. The molecule has 8 nitrogen and oxygen atoms in total. The van der Waals surface area contributed by atoms with Gasteiger partial charge in [-0.25, -0.2) is 4.79 Å². The largest absolute Gasteiger partial charge is 0.486 e. The first-order valence-corrected chi connectivity index (χ1v) is 13.1. The minimum absolute atomic E-state index is 0.148. The Bertz CT molecular complexity index is 1170. The molecule has 3 aromatic rings. The number of hydrogen-bond donors (Lipinski definition) is 1. The normalized spacial score (nSPS) is 12.8. The van der Waals surface area contributed by atoms with E-state index in [1.54, 1.807) is 6.92 Å². The van der Waals surface area contributed by atoms with Crippen molar-refractivity contribution in [2.45, 2.75) is 51.3 Å². The predicted octanol–water partition coefficient (Wildman–Crippen LogP) is 4.55. The second-order valence-electron chi connectivity index (χ2n) is 8.03. The summed E-state index contributed by atoms with van der Waals surface area (Å²) in [5.41, 5.74) is 2.72. The number of benzene rings is 1. The Morgan fingerprint density at radius 1 is 1.18 bits per heavy atom. The van der Waals surface area contributed by atoms with Crippen LogP contribution in [-0.4, -0.2) is 39.0 Å². The fraction of sp³-hybridized carbons (Fsp3) is 0.417. The van der Waals surface area contributed by atoms with E-state index in [0.717, 1.165) is 37.0 Å². The third kappa shape index (κ3) is 5.61. The van der Waals surface area contributed by atoms with E-state index in [9.17, 15) is 9.59 Å². The lowest BCUT2D eigenvalue weighted by atomic mass is 9.95. The molecule has 0 bridgehead atoms. The van der Waals surface area contributed by atoms with Crippen molar-refractivity contribution in [1.29, 1.82) is 0 Å². The van der Waals surface area contributed by atoms with Gasteiger partial charge in [-0.15, -0.1) is 21.5 Å². The van der Waals surface area contributed by atoms with E-state index in [4.69, 9.17) is 9.47 Å². The highest BCUT2D eigenvalue weighted by Gasteiger charge is 2.27. The molecule has 2 aromatic heterocycles. The van der Waals surface area contributed by atoms with E-state index < -0.39 is 0 Å².